The molecule has 0 bridgehead atoms. The number of fused-ring (bicyclic) bond motifs is 1. The van der Waals surface area contributed by atoms with Gasteiger partial charge in [-0.1, -0.05) is 0 Å². The minimum atomic E-state index is -0.333. The maximum atomic E-state index is 13.2. The summed E-state index contributed by atoms with van der Waals surface area (Å²) in [5, 5.41) is 10.0. The van der Waals surface area contributed by atoms with Crippen LogP contribution in [0.2, 0.25) is 0 Å². The summed E-state index contributed by atoms with van der Waals surface area (Å²) in [5.74, 6) is 0.758. The smallest absolute Gasteiger partial charge is 0.261 e. The zero-order valence-electron chi connectivity index (χ0n) is 16.3. The molecule has 1 N–H and O–H groups in total. The number of rotatable bonds is 4. The van der Waals surface area contributed by atoms with Crippen molar-refractivity contribution >= 4 is 16.7 Å². The van der Waals surface area contributed by atoms with Crippen molar-refractivity contribution in [2.75, 3.05) is 24.6 Å². The molecule has 7 nitrogen and oxygen atoms in total. The second-order valence-corrected chi connectivity index (χ2v) is 7.45. The Morgan fingerprint density at radius 3 is 2.64 bits per heavy atom. The number of hydrogen-bond acceptors (Lipinski definition) is 6. The molecule has 1 fully saturated rings. The quantitative estimate of drug-likeness (QED) is 0.750. The molecule has 1 saturated heterocycles. The Labute approximate surface area is 163 Å². The highest BCUT2D eigenvalue weighted by Gasteiger charge is 2.20. The number of aliphatic hydroxyl groups excluding tert-OH is 1. The van der Waals surface area contributed by atoms with Crippen LogP contribution in [-0.2, 0) is 0 Å². The van der Waals surface area contributed by atoms with E-state index in [1.807, 2.05) is 19.1 Å². The Bertz CT molecular complexity index is 1040. The Kier molecular flexibility index (Phi) is 5.09. The van der Waals surface area contributed by atoms with E-state index in [0.29, 0.717) is 16.6 Å². The van der Waals surface area contributed by atoms with Crippen molar-refractivity contribution in [3.05, 3.63) is 46.8 Å². The van der Waals surface area contributed by atoms with Crippen LogP contribution in [0.25, 0.3) is 22.2 Å². The lowest BCUT2D eigenvalue weighted by Gasteiger charge is -2.28. The van der Waals surface area contributed by atoms with E-state index in [1.165, 1.54) is 17.3 Å². The van der Waals surface area contributed by atoms with Gasteiger partial charge in [-0.05, 0) is 51.3 Å². The summed E-state index contributed by atoms with van der Waals surface area (Å²) >= 11 is 0. The average molecular weight is 379 g/mol. The molecule has 1 aliphatic heterocycles. The van der Waals surface area contributed by atoms with E-state index in [2.05, 4.69) is 14.9 Å². The van der Waals surface area contributed by atoms with E-state index in [0.717, 1.165) is 43.0 Å². The van der Waals surface area contributed by atoms with Gasteiger partial charge in [0.2, 0.25) is 0 Å². The maximum absolute atomic E-state index is 13.2. The Balaban J connectivity index is 1.95. The zero-order chi connectivity index (χ0) is 19.7. The fourth-order valence-electron chi connectivity index (χ4n) is 3.62. The highest BCUT2D eigenvalue weighted by molar-refractivity contribution is 5.91. The first kappa shape index (κ1) is 18.6. The van der Waals surface area contributed by atoms with Crippen molar-refractivity contribution in [1.82, 2.24) is 19.5 Å². The lowest BCUT2D eigenvalue weighted by atomic mass is 10.1. The summed E-state index contributed by atoms with van der Waals surface area (Å²) < 4.78 is 1.49. The maximum Gasteiger partial charge on any atom is 0.261 e. The Morgan fingerprint density at radius 2 is 1.96 bits per heavy atom. The first-order valence-corrected chi connectivity index (χ1v) is 9.79. The first-order chi connectivity index (χ1) is 13.6. The second kappa shape index (κ2) is 7.67. The third kappa shape index (κ3) is 3.38. The minimum absolute atomic E-state index is 0.119. The zero-order valence-corrected chi connectivity index (χ0v) is 16.3. The molecule has 1 aliphatic rings. The molecule has 0 aliphatic carbocycles. The van der Waals surface area contributed by atoms with E-state index in [9.17, 15) is 9.90 Å². The van der Waals surface area contributed by atoms with Gasteiger partial charge in [0.1, 0.15) is 5.52 Å². The van der Waals surface area contributed by atoms with Gasteiger partial charge in [0.25, 0.3) is 5.56 Å². The van der Waals surface area contributed by atoms with Crippen molar-refractivity contribution < 1.29 is 5.11 Å². The van der Waals surface area contributed by atoms with Crippen molar-refractivity contribution in [3.63, 3.8) is 0 Å². The molecule has 146 valence electrons. The van der Waals surface area contributed by atoms with Gasteiger partial charge in [-0.3, -0.25) is 14.3 Å². The molecule has 0 unspecified atom stereocenters. The summed E-state index contributed by atoms with van der Waals surface area (Å²) in [5.41, 5.74) is 2.98. The molecular weight excluding hydrogens is 354 g/mol. The SMILES string of the molecule is Cc1ccc(-c2cc3c(=O)n([C@@H](C)CO)cnc3c(N3CCCCC3)n2)cn1. The van der Waals surface area contributed by atoms with E-state index < -0.39 is 0 Å². The lowest BCUT2D eigenvalue weighted by Crippen LogP contribution is -2.32. The van der Waals surface area contributed by atoms with Gasteiger partial charge < -0.3 is 10.0 Å². The van der Waals surface area contributed by atoms with Gasteiger partial charge in [-0.25, -0.2) is 9.97 Å². The fourth-order valence-corrected chi connectivity index (χ4v) is 3.62. The third-order valence-electron chi connectivity index (χ3n) is 5.35. The van der Waals surface area contributed by atoms with E-state index in [4.69, 9.17) is 4.98 Å². The van der Waals surface area contributed by atoms with Gasteiger partial charge in [0.05, 0.1) is 30.1 Å². The van der Waals surface area contributed by atoms with Crippen LogP contribution < -0.4 is 10.5 Å². The molecule has 28 heavy (non-hydrogen) atoms. The molecule has 0 spiro atoms. The van der Waals surface area contributed by atoms with Crippen LogP contribution in [0.15, 0.2) is 35.5 Å². The predicted molar refractivity (Wildman–Crippen MR) is 110 cm³/mol. The van der Waals surface area contributed by atoms with Crippen LogP contribution in [0.1, 0.15) is 37.9 Å². The molecule has 7 heteroatoms. The molecule has 0 saturated carbocycles. The summed E-state index contributed by atoms with van der Waals surface area (Å²) in [6.45, 7) is 5.44. The van der Waals surface area contributed by atoms with Crippen LogP contribution in [0.5, 0.6) is 0 Å². The molecule has 0 radical (unpaired) electrons. The predicted octanol–water partition coefficient (Wildman–Crippen LogP) is 2.71. The van der Waals surface area contributed by atoms with Crippen LogP contribution in [0.3, 0.4) is 0 Å². The highest BCUT2D eigenvalue weighted by atomic mass is 16.3. The van der Waals surface area contributed by atoms with Gasteiger partial charge >= 0.3 is 0 Å². The van der Waals surface area contributed by atoms with Crippen LogP contribution in [-0.4, -0.2) is 44.3 Å². The monoisotopic (exact) mass is 379 g/mol. The summed E-state index contributed by atoms with van der Waals surface area (Å²) in [6.07, 6.45) is 6.74. The van der Waals surface area contributed by atoms with Crippen molar-refractivity contribution in [2.45, 2.75) is 39.2 Å². The Hall–Kier alpha value is -2.80. The van der Waals surface area contributed by atoms with Gasteiger partial charge in [0, 0.05) is 30.5 Å². The topological polar surface area (TPSA) is 84.1 Å². The molecule has 0 aromatic carbocycles. The van der Waals surface area contributed by atoms with E-state index >= 15 is 0 Å². The fraction of sp³-hybridized carbons (Fsp3) is 0.429. The number of anilines is 1. The van der Waals surface area contributed by atoms with Gasteiger partial charge in [-0.2, -0.15) is 0 Å². The average Bonchev–Trinajstić information content (AvgIpc) is 2.74. The highest BCUT2D eigenvalue weighted by Crippen LogP contribution is 2.29. The molecule has 3 aromatic heterocycles. The Morgan fingerprint density at radius 1 is 1.18 bits per heavy atom. The molecule has 0 amide bonds. The van der Waals surface area contributed by atoms with E-state index in [-0.39, 0.29) is 18.2 Å². The molecule has 1 atom stereocenters. The number of aromatic nitrogens is 4. The van der Waals surface area contributed by atoms with Crippen LogP contribution in [0.4, 0.5) is 5.82 Å². The van der Waals surface area contributed by atoms with Gasteiger partial charge in [0.15, 0.2) is 5.82 Å². The normalized spacial score (nSPS) is 15.8. The van der Waals surface area contributed by atoms with Crippen molar-refractivity contribution in [1.29, 1.82) is 0 Å². The molecule has 4 heterocycles. The summed E-state index contributed by atoms with van der Waals surface area (Å²) in [6, 6.07) is 5.38. The second-order valence-electron chi connectivity index (χ2n) is 7.45. The number of hydrogen-bond donors (Lipinski definition) is 1. The van der Waals surface area contributed by atoms with Crippen molar-refractivity contribution in [2.24, 2.45) is 0 Å². The molecule has 4 rings (SSSR count). The summed E-state index contributed by atoms with van der Waals surface area (Å²) in [7, 11) is 0. The largest absolute Gasteiger partial charge is 0.394 e. The molecular formula is C21H25N5O2. The van der Waals surface area contributed by atoms with Gasteiger partial charge in [-0.15, -0.1) is 0 Å². The van der Waals surface area contributed by atoms with Crippen LogP contribution >= 0.6 is 0 Å². The number of aryl methyl sites for hydroxylation is 1. The number of piperidine rings is 1. The van der Waals surface area contributed by atoms with E-state index in [1.54, 1.807) is 19.2 Å². The lowest BCUT2D eigenvalue weighted by molar-refractivity contribution is 0.236. The molecule has 3 aromatic rings. The number of nitrogens with zero attached hydrogens (tertiary/aromatic N) is 5. The first-order valence-electron chi connectivity index (χ1n) is 9.79. The summed E-state index contributed by atoms with van der Waals surface area (Å²) in [4.78, 5) is 29.2. The standard InChI is InChI=1S/C21H25N5O2/c1-14-6-7-16(11-22-14)18-10-17-19(20(24-18)25-8-4-3-5-9-25)23-13-26(21(17)28)15(2)12-27/h6-7,10-11,13,15,27H,3-5,8-9,12H2,1-2H3/t15-/m0/s1. The minimum Gasteiger partial charge on any atom is -0.394 e. The van der Waals surface area contributed by atoms with Crippen LogP contribution in [0, 0.1) is 6.92 Å². The number of aliphatic hydroxyl groups is 1. The third-order valence-corrected chi connectivity index (χ3v) is 5.35. The van der Waals surface area contributed by atoms with Crippen molar-refractivity contribution in [3.8, 4) is 11.3 Å². The number of pyridine rings is 2.